The van der Waals surface area contributed by atoms with E-state index >= 15 is 0 Å². The van der Waals surface area contributed by atoms with Gasteiger partial charge in [-0.2, -0.15) is 0 Å². The van der Waals surface area contributed by atoms with Crippen LogP contribution in [0.25, 0.3) is 22.4 Å². The Bertz CT molecular complexity index is 944. The summed E-state index contributed by atoms with van der Waals surface area (Å²) in [5.41, 5.74) is 6.78. The van der Waals surface area contributed by atoms with Crippen molar-refractivity contribution in [3.8, 4) is 11.4 Å². The van der Waals surface area contributed by atoms with E-state index in [0.717, 1.165) is 29.1 Å². The van der Waals surface area contributed by atoms with Crippen LogP contribution in [0.1, 0.15) is 49.7 Å². The number of fused-ring (bicyclic) bond motifs is 1. The molecule has 1 N–H and O–H groups in total. The summed E-state index contributed by atoms with van der Waals surface area (Å²) in [6.07, 6.45) is 8.77. The lowest BCUT2D eigenvalue weighted by atomic mass is 9.48. The van der Waals surface area contributed by atoms with Crippen molar-refractivity contribution < 1.29 is 0 Å². The van der Waals surface area contributed by atoms with Gasteiger partial charge < -0.3 is 4.98 Å². The summed E-state index contributed by atoms with van der Waals surface area (Å²) < 4.78 is 0. The first-order chi connectivity index (χ1) is 12.7. The van der Waals surface area contributed by atoms with Crippen molar-refractivity contribution >= 4 is 11.0 Å². The van der Waals surface area contributed by atoms with Gasteiger partial charge >= 0.3 is 0 Å². The summed E-state index contributed by atoms with van der Waals surface area (Å²) in [7, 11) is 0. The van der Waals surface area contributed by atoms with Crippen LogP contribution in [0.4, 0.5) is 0 Å². The number of aromatic amines is 1. The lowest BCUT2D eigenvalue weighted by Crippen LogP contribution is -2.48. The Kier molecular flexibility index (Phi) is 3.01. The Hall–Kier alpha value is -2.09. The number of hydrogen-bond acceptors (Lipinski definition) is 1. The largest absolute Gasteiger partial charge is 0.338 e. The fraction of sp³-hybridized carbons (Fsp3) is 0.458. The van der Waals surface area contributed by atoms with E-state index in [-0.39, 0.29) is 0 Å². The maximum Gasteiger partial charge on any atom is 0.138 e. The molecule has 0 unspecified atom stereocenters. The van der Waals surface area contributed by atoms with Crippen molar-refractivity contribution in [3.63, 3.8) is 0 Å². The molecular formula is C24H26N2. The highest BCUT2D eigenvalue weighted by Crippen LogP contribution is 2.60. The van der Waals surface area contributed by atoms with E-state index in [2.05, 4.69) is 54.4 Å². The zero-order valence-corrected chi connectivity index (χ0v) is 15.5. The molecule has 1 aromatic heterocycles. The van der Waals surface area contributed by atoms with Crippen LogP contribution in [0.5, 0.6) is 0 Å². The van der Waals surface area contributed by atoms with E-state index in [1.165, 1.54) is 55.2 Å². The van der Waals surface area contributed by atoms with Crippen LogP contribution >= 0.6 is 0 Å². The minimum atomic E-state index is 0.456. The number of hydrogen-bond donors (Lipinski definition) is 1. The quantitative estimate of drug-likeness (QED) is 0.607. The molecule has 3 aromatic rings. The number of rotatable bonds is 2. The van der Waals surface area contributed by atoms with Gasteiger partial charge in [-0.25, -0.2) is 4.98 Å². The Morgan fingerprint density at radius 2 is 1.54 bits per heavy atom. The van der Waals surface area contributed by atoms with Crippen molar-refractivity contribution in [3.05, 3.63) is 53.6 Å². The van der Waals surface area contributed by atoms with Gasteiger partial charge in [-0.05, 0) is 86.3 Å². The normalized spacial score (nSPS) is 32.4. The van der Waals surface area contributed by atoms with Crippen molar-refractivity contribution in [2.24, 2.45) is 17.8 Å². The molecule has 0 radical (unpaired) electrons. The first-order valence-electron chi connectivity index (χ1n) is 10.2. The zero-order chi connectivity index (χ0) is 17.3. The Labute approximate surface area is 155 Å². The van der Waals surface area contributed by atoms with Gasteiger partial charge in [-0.15, -0.1) is 0 Å². The molecule has 1 heterocycles. The van der Waals surface area contributed by atoms with Gasteiger partial charge in [0.1, 0.15) is 5.82 Å². The minimum Gasteiger partial charge on any atom is -0.338 e. The van der Waals surface area contributed by atoms with Crippen molar-refractivity contribution in [2.75, 3.05) is 0 Å². The highest BCUT2D eigenvalue weighted by atomic mass is 14.9. The van der Waals surface area contributed by atoms with Crippen LogP contribution in [0.2, 0.25) is 0 Å². The summed E-state index contributed by atoms with van der Waals surface area (Å²) >= 11 is 0. The molecule has 4 aliphatic carbocycles. The van der Waals surface area contributed by atoms with Gasteiger partial charge in [0.05, 0.1) is 11.0 Å². The number of nitrogens with one attached hydrogen (secondary N) is 1. The summed E-state index contributed by atoms with van der Waals surface area (Å²) in [5.74, 6) is 3.95. The standard InChI is InChI=1S/C24H26N2/c1-15-2-4-19(5-3-15)23-25-21-7-6-20(11-22(21)26-23)24-12-16-8-17(13-24)10-18(9-16)14-24/h2-7,11,16-18H,8-10,12-14H2,1H3,(H,25,26). The topological polar surface area (TPSA) is 28.7 Å². The predicted molar refractivity (Wildman–Crippen MR) is 106 cm³/mol. The molecule has 0 atom stereocenters. The van der Waals surface area contributed by atoms with E-state index in [1.807, 2.05) is 0 Å². The molecule has 26 heavy (non-hydrogen) atoms. The SMILES string of the molecule is Cc1ccc(-c2nc3ccc(C45CC6CC(CC(C6)C4)C5)cc3[nH]2)cc1. The monoisotopic (exact) mass is 342 g/mol. The average molecular weight is 342 g/mol. The molecule has 4 fully saturated rings. The molecule has 0 saturated heterocycles. The summed E-state index contributed by atoms with van der Waals surface area (Å²) in [5, 5.41) is 0. The molecule has 0 amide bonds. The number of H-pyrrole nitrogens is 1. The van der Waals surface area contributed by atoms with Crippen LogP contribution in [0.15, 0.2) is 42.5 Å². The third-order valence-corrected chi connectivity index (χ3v) is 7.46. The van der Waals surface area contributed by atoms with E-state index < -0.39 is 0 Å². The second-order valence-corrected chi connectivity index (χ2v) is 9.38. The fourth-order valence-electron chi connectivity index (χ4n) is 6.65. The van der Waals surface area contributed by atoms with Crippen molar-refractivity contribution in [1.82, 2.24) is 9.97 Å². The first-order valence-corrected chi connectivity index (χ1v) is 10.2. The predicted octanol–water partition coefficient (Wildman–Crippen LogP) is 6.01. The molecule has 4 aliphatic rings. The van der Waals surface area contributed by atoms with Gasteiger partial charge in [-0.1, -0.05) is 35.9 Å². The number of nitrogens with zero attached hydrogens (tertiary/aromatic N) is 1. The fourth-order valence-corrected chi connectivity index (χ4v) is 6.65. The molecule has 0 aliphatic heterocycles. The Morgan fingerprint density at radius 3 is 2.19 bits per heavy atom. The van der Waals surface area contributed by atoms with E-state index in [1.54, 1.807) is 5.56 Å². The molecule has 4 saturated carbocycles. The van der Waals surface area contributed by atoms with Crippen molar-refractivity contribution in [2.45, 2.75) is 50.9 Å². The lowest BCUT2D eigenvalue weighted by molar-refractivity contribution is -0.00513. The molecule has 0 spiro atoms. The molecule has 7 rings (SSSR count). The minimum absolute atomic E-state index is 0.456. The molecular weight excluding hydrogens is 316 g/mol. The van der Waals surface area contributed by atoms with Gasteiger partial charge in [0, 0.05) is 5.56 Å². The van der Waals surface area contributed by atoms with Crippen LogP contribution in [-0.2, 0) is 5.41 Å². The third kappa shape index (κ3) is 2.21. The highest BCUT2D eigenvalue weighted by Gasteiger charge is 2.51. The van der Waals surface area contributed by atoms with Gasteiger partial charge in [-0.3, -0.25) is 0 Å². The van der Waals surface area contributed by atoms with Crippen LogP contribution < -0.4 is 0 Å². The maximum absolute atomic E-state index is 4.84. The van der Waals surface area contributed by atoms with Crippen molar-refractivity contribution in [1.29, 1.82) is 0 Å². The number of aromatic nitrogens is 2. The third-order valence-electron chi connectivity index (χ3n) is 7.46. The molecule has 4 bridgehead atoms. The van der Waals surface area contributed by atoms with Crippen LogP contribution in [0.3, 0.4) is 0 Å². The summed E-state index contributed by atoms with van der Waals surface area (Å²) in [6, 6.07) is 15.7. The first kappa shape index (κ1) is 15.0. The number of imidazole rings is 1. The van der Waals surface area contributed by atoms with Gasteiger partial charge in [0.25, 0.3) is 0 Å². The highest BCUT2D eigenvalue weighted by molar-refractivity contribution is 5.80. The Balaban J connectivity index is 1.41. The lowest BCUT2D eigenvalue weighted by Gasteiger charge is -2.57. The smallest absolute Gasteiger partial charge is 0.138 e. The second-order valence-electron chi connectivity index (χ2n) is 9.38. The number of benzene rings is 2. The molecule has 2 aromatic carbocycles. The maximum atomic E-state index is 4.84. The summed E-state index contributed by atoms with van der Waals surface area (Å²) in [4.78, 5) is 8.44. The zero-order valence-electron chi connectivity index (χ0n) is 15.5. The number of aryl methyl sites for hydroxylation is 1. The van der Waals surface area contributed by atoms with Crippen LogP contribution in [-0.4, -0.2) is 9.97 Å². The van der Waals surface area contributed by atoms with Gasteiger partial charge in [0.15, 0.2) is 0 Å². The Morgan fingerprint density at radius 1 is 0.885 bits per heavy atom. The summed E-state index contributed by atoms with van der Waals surface area (Å²) in [6.45, 7) is 2.13. The second kappa shape index (κ2) is 5.22. The van der Waals surface area contributed by atoms with E-state index in [0.29, 0.717) is 5.41 Å². The molecule has 2 heteroatoms. The van der Waals surface area contributed by atoms with Gasteiger partial charge in [0.2, 0.25) is 0 Å². The molecule has 2 nitrogen and oxygen atoms in total. The van der Waals surface area contributed by atoms with E-state index in [4.69, 9.17) is 4.98 Å². The average Bonchev–Trinajstić information content (AvgIpc) is 3.04. The molecule has 132 valence electrons. The van der Waals surface area contributed by atoms with E-state index in [9.17, 15) is 0 Å². The van der Waals surface area contributed by atoms with Crippen LogP contribution in [0, 0.1) is 24.7 Å².